The molecule has 1 aromatic heterocycles. The Morgan fingerprint density at radius 2 is 1.63 bits per heavy atom. The number of hydrogen-bond donors (Lipinski definition) is 2. The Labute approximate surface area is 174 Å². The lowest BCUT2D eigenvalue weighted by atomic mass is 10.1. The maximum absolute atomic E-state index is 13.0. The van der Waals surface area contributed by atoms with Gasteiger partial charge in [-0.2, -0.15) is 0 Å². The number of aryl methyl sites for hydroxylation is 1. The van der Waals surface area contributed by atoms with Crippen LogP contribution in [0.15, 0.2) is 72.8 Å². The molecular formula is C24H21FN4O. The second kappa shape index (κ2) is 8.69. The lowest BCUT2D eigenvalue weighted by Gasteiger charge is -2.12. The lowest BCUT2D eigenvalue weighted by Crippen LogP contribution is -2.29. The number of fused-ring (bicyclic) bond motifs is 1. The average molecular weight is 400 g/mol. The summed E-state index contributed by atoms with van der Waals surface area (Å²) in [7, 11) is 0. The summed E-state index contributed by atoms with van der Waals surface area (Å²) in [6.07, 6.45) is 0. The van der Waals surface area contributed by atoms with Crippen molar-refractivity contribution in [1.29, 1.82) is 0 Å². The molecule has 0 bridgehead atoms. The predicted octanol–water partition coefficient (Wildman–Crippen LogP) is 4.59. The molecule has 0 aliphatic carbocycles. The highest BCUT2D eigenvalue weighted by molar-refractivity contribution is 5.94. The Kier molecular flexibility index (Phi) is 5.66. The van der Waals surface area contributed by atoms with Gasteiger partial charge in [0, 0.05) is 29.6 Å². The molecule has 4 rings (SSSR count). The topological polar surface area (TPSA) is 66.9 Å². The number of rotatable bonds is 6. The number of nitrogens with zero attached hydrogens (tertiary/aromatic N) is 2. The molecule has 3 aromatic carbocycles. The quantitative estimate of drug-likeness (QED) is 0.465. The van der Waals surface area contributed by atoms with E-state index < -0.39 is 0 Å². The van der Waals surface area contributed by atoms with E-state index >= 15 is 0 Å². The first kappa shape index (κ1) is 19.5. The van der Waals surface area contributed by atoms with Crippen LogP contribution in [-0.4, -0.2) is 29.0 Å². The number of carbonyl (C=O) groups excluding carboxylic acids is 1. The molecule has 0 saturated heterocycles. The van der Waals surface area contributed by atoms with Gasteiger partial charge in [0.2, 0.25) is 0 Å². The molecule has 150 valence electrons. The first-order chi connectivity index (χ1) is 14.6. The highest BCUT2D eigenvalue weighted by Crippen LogP contribution is 2.24. The molecular weight excluding hydrogens is 379 g/mol. The van der Waals surface area contributed by atoms with E-state index in [0.717, 1.165) is 16.5 Å². The van der Waals surface area contributed by atoms with Crippen LogP contribution in [0.2, 0.25) is 0 Å². The van der Waals surface area contributed by atoms with Crippen LogP contribution in [0, 0.1) is 12.7 Å². The van der Waals surface area contributed by atoms with Crippen molar-refractivity contribution >= 4 is 22.6 Å². The van der Waals surface area contributed by atoms with E-state index in [9.17, 15) is 9.18 Å². The first-order valence-electron chi connectivity index (χ1n) is 9.71. The van der Waals surface area contributed by atoms with Gasteiger partial charge in [0.15, 0.2) is 5.82 Å². The van der Waals surface area contributed by atoms with E-state index in [1.807, 2.05) is 55.5 Å². The van der Waals surface area contributed by atoms with Crippen LogP contribution in [0.5, 0.6) is 0 Å². The molecule has 0 radical (unpaired) electrons. The highest BCUT2D eigenvalue weighted by Gasteiger charge is 2.10. The Balaban J connectivity index is 1.48. The number of benzene rings is 3. The minimum absolute atomic E-state index is 0.246. The zero-order valence-corrected chi connectivity index (χ0v) is 16.5. The second-order valence-corrected chi connectivity index (χ2v) is 6.97. The smallest absolute Gasteiger partial charge is 0.251 e. The van der Waals surface area contributed by atoms with Crippen molar-refractivity contribution in [3.05, 3.63) is 89.7 Å². The third-order valence-corrected chi connectivity index (χ3v) is 4.72. The van der Waals surface area contributed by atoms with Crippen molar-refractivity contribution in [3.8, 4) is 11.4 Å². The zero-order valence-electron chi connectivity index (χ0n) is 16.5. The maximum atomic E-state index is 13.0. The number of carbonyl (C=O) groups is 1. The molecule has 6 heteroatoms. The summed E-state index contributed by atoms with van der Waals surface area (Å²) in [5.74, 6) is 0.747. The summed E-state index contributed by atoms with van der Waals surface area (Å²) in [6, 6.07) is 21.4. The van der Waals surface area contributed by atoms with E-state index in [0.29, 0.717) is 30.3 Å². The Hall–Kier alpha value is -3.80. The van der Waals surface area contributed by atoms with Crippen molar-refractivity contribution in [2.45, 2.75) is 6.92 Å². The van der Waals surface area contributed by atoms with Gasteiger partial charge in [0.05, 0.1) is 5.52 Å². The van der Waals surface area contributed by atoms with E-state index in [1.54, 1.807) is 0 Å². The van der Waals surface area contributed by atoms with Gasteiger partial charge in [0.25, 0.3) is 5.91 Å². The van der Waals surface area contributed by atoms with Gasteiger partial charge in [0.1, 0.15) is 11.6 Å². The van der Waals surface area contributed by atoms with Crippen LogP contribution in [-0.2, 0) is 0 Å². The molecule has 30 heavy (non-hydrogen) atoms. The molecule has 0 atom stereocenters. The number of hydrogen-bond acceptors (Lipinski definition) is 4. The van der Waals surface area contributed by atoms with Gasteiger partial charge >= 0.3 is 0 Å². The van der Waals surface area contributed by atoms with Crippen LogP contribution in [0.25, 0.3) is 22.3 Å². The predicted molar refractivity (Wildman–Crippen MR) is 117 cm³/mol. The molecule has 0 fully saturated rings. The first-order valence-corrected chi connectivity index (χ1v) is 9.71. The number of nitrogens with one attached hydrogen (secondary N) is 2. The fourth-order valence-corrected chi connectivity index (χ4v) is 3.10. The van der Waals surface area contributed by atoms with Gasteiger partial charge < -0.3 is 10.6 Å². The monoisotopic (exact) mass is 400 g/mol. The third-order valence-electron chi connectivity index (χ3n) is 4.72. The number of aromatic nitrogens is 2. The van der Waals surface area contributed by atoms with Crippen LogP contribution in [0.4, 0.5) is 10.2 Å². The molecule has 2 N–H and O–H groups in total. The summed E-state index contributed by atoms with van der Waals surface area (Å²) < 4.78 is 13.0. The van der Waals surface area contributed by atoms with Crippen molar-refractivity contribution in [2.75, 3.05) is 18.4 Å². The van der Waals surface area contributed by atoms with Crippen molar-refractivity contribution in [1.82, 2.24) is 15.3 Å². The van der Waals surface area contributed by atoms with E-state index in [1.165, 1.54) is 29.8 Å². The molecule has 5 nitrogen and oxygen atoms in total. The second-order valence-electron chi connectivity index (χ2n) is 6.97. The molecule has 0 saturated carbocycles. The Bertz CT molecular complexity index is 1170. The SMILES string of the molecule is Cc1ccc(-c2nc(NCCNC(=O)c3ccc(F)cc3)c3ccccc3n2)cc1. The Morgan fingerprint density at radius 3 is 2.40 bits per heavy atom. The van der Waals surface area contributed by atoms with Gasteiger partial charge in [-0.1, -0.05) is 42.0 Å². The molecule has 1 amide bonds. The molecule has 1 heterocycles. The van der Waals surface area contributed by atoms with Gasteiger partial charge in [-0.05, 0) is 43.3 Å². The van der Waals surface area contributed by atoms with Gasteiger partial charge in [-0.15, -0.1) is 0 Å². The van der Waals surface area contributed by atoms with Crippen LogP contribution >= 0.6 is 0 Å². The molecule has 0 aliphatic heterocycles. The summed E-state index contributed by atoms with van der Waals surface area (Å²) in [5, 5.41) is 7.04. The largest absolute Gasteiger partial charge is 0.368 e. The molecule has 0 unspecified atom stereocenters. The maximum Gasteiger partial charge on any atom is 0.251 e. The minimum atomic E-state index is -0.367. The van der Waals surface area contributed by atoms with E-state index in [2.05, 4.69) is 15.6 Å². The van der Waals surface area contributed by atoms with E-state index in [4.69, 9.17) is 4.98 Å². The fraction of sp³-hybridized carbons (Fsp3) is 0.125. The highest BCUT2D eigenvalue weighted by atomic mass is 19.1. The number of anilines is 1. The summed E-state index contributed by atoms with van der Waals surface area (Å²) >= 11 is 0. The molecule has 0 aliphatic rings. The van der Waals surface area contributed by atoms with Crippen molar-refractivity contribution in [3.63, 3.8) is 0 Å². The zero-order chi connectivity index (χ0) is 20.9. The summed E-state index contributed by atoms with van der Waals surface area (Å²) in [4.78, 5) is 21.6. The van der Waals surface area contributed by atoms with Crippen LogP contribution in [0.1, 0.15) is 15.9 Å². The van der Waals surface area contributed by atoms with Gasteiger partial charge in [-0.3, -0.25) is 4.79 Å². The fourth-order valence-electron chi connectivity index (χ4n) is 3.10. The number of amides is 1. The standard InChI is InChI=1S/C24H21FN4O/c1-16-6-8-17(9-7-16)22-28-21-5-3-2-4-20(21)23(29-22)26-14-15-27-24(30)18-10-12-19(25)13-11-18/h2-13H,14-15H2,1H3,(H,27,30)(H,26,28,29). The van der Waals surface area contributed by atoms with Crippen molar-refractivity contribution < 1.29 is 9.18 Å². The average Bonchev–Trinajstić information content (AvgIpc) is 2.77. The number of halogens is 1. The van der Waals surface area contributed by atoms with Crippen LogP contribution in [0.3, 0.4) is 0 Å². The summed E-state index contributed by atoms with van der Waals surface area (Å²) in [6.45, 7) is 2.92. The van der Waals surface area contributed by atoms with Crippen LogP contribution < -0.4 is 10.6 Å². The Morgan fingerprint density at radius 1 is 0.900 bits per heavy atom. The molecule has 0 spiro atoms. The minimum Gasteiger partial charge on any atom is -0.368 e. The third kappa shape index (κ3) is 4.43. The van der Waals surface area contributed by atoms with Crippen molar-refractivity contribution in [2.24, 2.45) is 0 Å². The van der Waals surface area contributed by atoms with Gasteiger partial charge in [-0.25, -0.2) is 14.4 Å². The summed E-state index contributed by atoms with van der Waals surface area (Å²) in [5.41, 5.74) is 3.39. The molecule has 4 aromatic rings. The lowest BCUT2D eigenvalue weighted by molar-refractivity contribution is 0.0955. The van der Waals surface area contributed by atoms with E-state index in [-0.39, 0.29) is 11.7 Å². The number of para-hydroxylation sites is 1. The normalized spacial score (nSPS) is 10.7.